The van der Waals surface area contributed by atoms with Crippen molar-refractivity contribution in [3.63, 3.8) is 0 Å². The first kappa shape index (κ1) is 15.7. The molecule has 1 aliphatic rings. The standard InChI is InChI=1S/C20H21N3O2/c1-25-18-8-6-17(7-9-18)23-19-10-5-15(13-16(19)14-21-23)20(24)22-11-3-2-4-12-22/h5-10,13-14H,2-4,11-12H2,1H3. The van der Waals surface area contributed by atoms with E-state index >= 15 is 0 Å². The normalized spacial score (nSPS) is 14.7. The van der Waals surface area contributed by atoms with Crippen molar-refractivity contribution in [3.8, 4) is 11.4 Å². The number of hydrogen-bond donors (Lipinski definition) is 0. The number of benzene rings is 2. The predicted octanol–water partition coefficient (Wildman–Crippen LogP) is 3.66. The molecular formula is C20H21N3O2. The van der Waals surface area contributed by atoms with Gasteiger partial charge >= 0.3 is 0 Å². The first-order chi connectivity index (χ1) is 12.3. The van der Waals surface area contributed by atoms with Crippen LogP contribution in [0.15, 0.2) is 48.7 Å². The van der Waals surface area contributed by atoms with Crippen LogP contribution >= 0.6 is 0 Å². The fourth-order valence-electron chi connectivity index (χ4n) is 3.37. The van der Waals surface area contributed by atoms with Crippen molar-refractivity contribution in [2.75, 3.05) is 20.2 Å². The van der Waals surface area contributed by atoms with Gasteiger partial charge in [0, 0.05) is 24.0 Å². The molecule has 2 aromatic carbocycles. The first-order valence-electron chi connectivity index (χ1n) is 8.68. The van der Waals surface area contributed by atoms with Crippen molar-refractivity contribution in [3.05, 3.63) is 54.2 Å². The van der Waals surface area contributed by atoms with Gasteiger partial charge < -0.3 is 9.64 Å². The molecule has 25 heavy (non-hydrogen) atoms. The Morgan fingerprint density at radius 1 is 1.04 bits per heavy atom. The van der Waals surface area contributed by atoms with Crippen LogP contribution in [-0.4, -0.2) is 40.8 Å². The summed E-state index contributed by atoms with van der Waals surface area (Å²) in [6, 6.07) is 13.6. The molecule has 5 nitrogen and oxygen atoms in total. The van der Waals surface area contributed by atoms with Crippen LogP contribution in [0.1, 0.15) is 29.6 Å². The lowest BCUT2D eigenvalue weighted by Gasteiger charge is -2.26. The van der Waals surface area contributed by atoms with E-state index in [1.165, 1.54) is 6.42 Å². The molecule has 0 spiro atoms. The van der Waals surface area contributed by atoms with Gasteiger partial charge in [-0.15, -0.1) is 0 Å². The SMILES string of the molecule is COc1ccc(-n2ncc3cc(C(=O)N4CCCCC4)ccc32)cc1. The monoisotopic (exact) mass is 335 g/mol. The lowest BCUT2D eigenvalue weighted by atomic mass is 10.1. The highest BCUT2D eigenvalue weighted by atomic mass is 16.5. The van der Waals surface area contributed by atoms with Crippen LogP contribution in [0, 0.1) is 0 Å². The number of fused-ring (bicyclic) bond motifs is 1. The molecule has 5 heteroatoms. The maximum atomic E-state index is 12.7. The molecular weight excluding hydrogens is 314 g/mol. The van der Waals surface area contributed by atoms with Crippen LogP contribution in [0.5, 0.6) is 5.75 Å². The summed E-state index contributed by atoms with van der Waals surface area (Å²) in [5.74, 6) is 0.938. The number of rotatable bonds is 3. The third kappa shape index (κ3) is 2.97. The number of likely N-dealkylation sites (tertiary alicyclic amines) is 1. The van der Waals surface area contributed by atoms with E-state index in [-0.39, 0.29) is 5.91 Å². The summed E-state index contributed by atoms with van der Waals surface area (Å²) in [6.45, 7) is 1.73. The second-order valence-electron chi connectivity index (χ2n) is 6.38. The van der Waals surface area contributed by atoms with Gasteiger partial charge in [-0.05, 0) is 61.7 Å². The number of carbonyl (C=O) groups is 1. The van der Waals surface area contributed by atoms with Crippen LogP contribution in [0.4, 0.5) is 0 Å². The Kier molecular flexibility index (Phi) is 4.14. The highest BCUT2D eigenvalue weighted by Crippen LogP contribution is 2.22. The van der Waals surface area contributed by atoms with Gasteiger partial charge in [-0.3, -0.25) is 4.79 Å². The van der Waals surface area contributed by atoms with Gasteiger partial charge in [-0.25, -0.2) is 4.68 Å². The van der Waals surface area contributed by atoms with Crippen LogP contribution in [-0.2, 0) is 0 Å². The lowest BCUT2D eigenvalue weighted by Crippen LogP contribution is -2.35. The second-order valence-corrected chi connectivity index (χ2v) is 6.38. The second kappa shape index (κ2) is 6.59. The van der Waals surface area contributed by atoms with E-state index in [0.29, 0.717) is 0 Å². The minimum atomic E-state index is 0.124. The van der Waals surface area contributed by atoms with Crippen molar-refractivity contribution in [2.45, 2.75) is 19.3 Å². The Hall–Kier alpha value is -2.82. The molecule has 1 saturated heterocycles. The molecule has 1 aromatic heterocycles. The molecule has 128 valence electrons. The van der Waals surface area contributed by atoms with Gasteiger partial charge in [0.2, 0.25) is 0 Å². The Morgan fingerprint density at radius 3 is 2.52 bits per heavy atom. The summed E-state index contributed by atoms with van der Waals surface area (Å²) >= 11 is 0. The smallest absolute Gasteiger partial charge is 0.253 e. The van der Waals surface area contributed by atoms with Crippen molar-refractivity contribution < 1.29 is 9.53 Å². The molecule has 1 fully saturated rings. The number of nitrogens with zero attached hydrogens (tertiary/aromatic N) is 3. The molecule has 0 radical (unpaired) electrons. The number of amides is 1. The molecule has 2 heterocycles. The topological polar surface area (TPSA) is 47.4 Å². The zero-order valence-electron chi connectivity index (χ0n) is 14.3. The third-order valence-corrected chi connectivity index (χ3v) is 4.78. The average Bonchev–Trinajstić information content (AvgIpc) is 3.11. The summed E-state index contributed by atoms with van der Waals surface area (Å²) in [7, 11) is 1.65. The Balaban J connectivity index is 1.65. The highest BCUT2D eigenvalue weighted by molar-refractivity contribution is 5.98. The quantitative estimate of drug-likeness (QED) is 0.734. The minimum Gasteiger partial charge on any atom is -0.497 e. The maximum Gasteiger partial charge on any atom is 0.253 e. The van der Waals surface area contributed by atoms with E-state index in [1.54, 1.807) is 7.11 Å². The minimum absolute atomic E-state index is 0.124. The molecule has 1 amide bonds. The van der Waals surface area contributed by atoms with Crippen LogP contribution in [0.3, 0.4) is 0 Å². The highest BCUT2D eigenvalue weighted by Gasteiger charge is 2.19. The average molecular weight is 335 g/mol. The van der Waals surface area contributed by atoms with Crippen LogP contribution < -0.4 is 4.74 Å². The van der Waals surface area contributed by atoms with Gasteiger partial charge in [-0.2, -0.15) is 5.10 Å². The summed E-state index contributed by atoms with van der Waals surface area (Å²) in [6.07, 6.45) is 5.23. The summed E-state index contributed by atoms with van der Waals surface area (Å²) in [4.78, 5) is 14.6. The Labute approximate surface area is 146 Å². The summed E-state index contributed by atoms with van der Waals surface area (Å²) in [5.41, 5.74) is 2.69. The molecule has 0 atom stereocenters. The molecule has 1 aliphatic heterocycles. The molecule has 0 saturated carbocycles. The van der Waals surface area contributed by atoms with Crippen LogP contribution in [0.25, 0.3) is 16.6 Å². The Bertz CT molecular complexity index is 893. The molecule has 0 bridgehead atoms. The summed E-state index contributed by atoms with van der Waals surface area (Å²) < 4.78 is 7.08. The number of aromatic nitrogens is 2. The van der Waals surface area contributed by atoms with E-state index in [1.807, 2.05) is 58.2 Å². The number of piperidine rings is 1. The molecule has 0 unspecified atom stereocenters. The zero-order valence-corrected chi connectivity index (χ0v) is 14.3. The largest absolute Gasteiger partial charge is 0.497 e. The van der Waals surface area contributed by atoms with Crippen molar-refractivity contribution in [2.24, 2.45) is 0 Å². The number of hydrogen-bond acceptors (Lipinski definition) is 3. The van der Waals surface area contributed by atoms with E-state index in [2.05, 4.69) is 5.10 Å². The van der Waals surface area contributed by atoms with Crippen molar-refractivity contribution >= 4 is 16.8 Å². The van der Waals surface area contributed by atoms with Crippen molar-refractivity contribution in [1.82, 2.24) is 14.7 Å². The fraction of sp³-hybridized carbons (Fsp3) is 0.300. The van der Waals surface area contributed by atoms with E-state index in [9.17, 15) is 4.79 Å². The number of ether oxygens (including phenoxy) is 1. The van der Waals surface area contributed by atoms with E-state index < -0.39 is 0 Å². The molecule has 0 N–H and O–H groups in total. The number of carbonyl (C=O) groups excluding carboxylic acids is 1. The predicted molar refractivity (Wildman–Crippen MR) is 97.4 cm³/mol. The van der Waals surface area contributed by atoms with Gasteiger partial charge in [0.05, 0.1) is 24.5 Å². The zero-order chi connectivity index (χ0) is 17.2. The maximum absolute atomic E-state index is 12.7. The van der Waals surface area contributed by atoms with E-state index in [4.69, 9.17) is 4.74 Å². The van der Waals surface area contributed by atoms with Gasteiger partial charge in [0.15, 0.2) is 0 Å². The first-order valence-corrected chi connectivity index (χ1v) is 8.68. The van der Waals surface area contributed by atoms with Gasteiger partial charge in [-0.1, -0.05) is 0 Å². The summed E-state index contributed by atoms with van der Waals surface area (Å²) in [5, 5.41) is 5.46. The molecule has 3 aromatic rings. The van der Waals surface area contributed by atoms with E-state index in [0.717, 1.165) is 53.8 Å². The lowest BCUT2D eigenvalue weighted by molar-refractivity contribution is 0.0724. The van der Waals surface area contributed by atoms with Crippen molar-refractivity contribution in [1.29, 1.82) is 0 Å². The van der Waals surface area contributed by atoms with Gasteiger partial charge in [0.1, 0.15) is 5.75 Å². The van der Waals surface area contributed by atoms with Gasteiger partial charge in [0.25, 0.3) is 5.91 Å². The molecule has 4 rings (SSSR count). The third-order valence-electron chi connectivity index (χ3n) is 4.78. The van der Waals surface area contributed by atoms with Crippen LogP contribution in [0.2, 0.25) is 0 Å². The fourth-order valence-corrected chi connectivity index (χ4v) is 3.37. The Morgan fingerprint density at radius 2 is 1.80 bits per heavy atom. The molecule has 0 aliphatic carbocycles. The number of methoxy groups -OCH3 is 1.